The van der Waals surface area contributed by atoms with E-state index in [9.17, 15) is 5.11 Å². The molecule has 2 aliphatic heterocycles. The van der Waals surface area contributed by atoms with Gasteiger partial charge < -0.3 is 24.1 Å². The molecule has 3 aromatic carbocycles. The molecule has 1 N–H and O–H groups in total. The molecule has 36 heavy (non-hydrogen) atoms. The van der Waals surface area contributed by atoms with Gasteiger partial charge in [0.25, 0.3) is 0 Å². The molecule has 0 amide bonds. The van der Waals surface area contributed by atoms with Gasteiger partial charge in [-0.3, -0.25) is 0 Å². The van der Waals surface area contributed by atoms with Gasteiger partial charge in [0.2, 0.25) is 0 Å². The summed E-state index contributed by atoms with van der Waals surface area (Å²) >= 11 is 0. The van der Waals surface area contributed by atoms with Gasteiger partial charge in [-0.1, -0.05) is 66.7 Å². The zero-order chi connectivity index (χ0) is 25.4. The molecule has 3 aromatic rings. The number of rotatable bonds is 5. The third-order valence-electron chi connectivity index (χ3n) is 7.46. The quantitative estimate of drug-likeness (QED) is 0.449. The number of ether oxygens (including phenoxy) is 4. The van der Waals surface area contributed by atoms with Crippen molar-refractivity contribution in [1.29, 1.82) is 0 Å². The van der Waals surface area contributed by atoms with Crippen LogP contribution in [0.1, 0.15) is 68.4 Å². The monoisotopic (exact) mass is 488 g/mol. The Morgan fingerprint density at radius 1 is 0.667 bits per heavy atom. The highest BCUT2D eigenvalue weighted by molar-refractivity contribution is 5.49. The summed E-state index contributed by atoms with van der Waals surface area (Å²) in [6.45, 7) is 9.28. The molecule has 0 aliphatic carbocycles. The maximum Gasteiger partial charge on any atom is 0.192 e. The van der Waals surface area contributed by atoms with Gasteiger partial charge in [0.05, 0.1) is 25.4 Å². The Morgan fingerprint density at radius 3 is 1.56 bits per heavy atom. The summed E-state index contributed by atoms with van der Waals surface area (Å²) in [5, 5.41) is 12.6. The van der Waals surface area contributed by atoms with Crippen LogP contribution in [0.3, 0.4) is 0 Å². The fraction of sp³-hybridized carbons (Fsp3) is 0.419. The van der Waals surface area contributed by atoms with Crippen molar-refractivity contribution in [1.82, 2.24) is 0 Å². The molecule has 4 atom stereocenters. The molecule has 0 radical (unpaired) electrons. The molecule has 0 bridgehead atoms. The van der Waals surface area contributed by atoms with Crippen LogP contribution in [0, 0.1) is 0 Å². The molecule has 190 valence electrons. The maximum absolute atomic E-state index is 12.6. The highest BCUT2D eigenvalue weighted by atomic mass is 16.7. The highest BCUT2D eigenvalue weighted by Crippen LogP contribution is 2.42. The molecule has 2 fully saturated rings. The number of benzene rings is 3. The van der Waals surface area contributed by atoms with E-state index in [4.69, 9.17) is 18.9 Å². The minimum Gasteiger partial charge on any atom is -0.376 e. The van der Waals surface area contributed by atoms with Crippen LogP contribution >= 0.6 is 0 Å². The number of hydrogen-bond acceptors (Lipinski definition) is 5. The summed E-state index contributed by atoms with van der Waals surface area (Å²) in [6, 6.07) is 25.5. The van der Waals surface area contributed by atoms with E-state index in [1.165, 1.54) is 0 Å². The van der Waals surface area contributed by atoms with Crippen LogP contribution in [0.5, 0.6) is 0 Å². The van der Waals surface area contributed by atoms with Crippen LogP contribution in [-0.4, -0.2) is 30.5 Å². The Balaban J connectivity index is 1.62. The van der Waals surface area contributed by atoms with E-state index in [0.717, 1.165) is 40.7 Å². The van der Waals surface area contributed by atoms with Crippen LogP contribution in [-0.2, 0) is 36.1 Å². The lowest BCUT2D eigenvalue weighted by molar-refractivity contribution is -0.289. The average molecular weight is 489 g/mol. The van der Waals surface area contributed by atoms with E-state index in [1.54, 1.807) is 0 Å². The van der Waals surface area contributed by atoms with Crippen molar-refractivity contribution in [2.45, 2.75) is 69.9 Å². The van der Waals surface area contributed by atoms with Gasteiger partial charge in [0, 0.05) is 11.1 Å². The molecule has 0 aromatic heterocycles. The van der Waals surface area contributed by atoms with Crippen LogP contribution in [0.15, 0.2) is 78.9 Å². The first-order chi connectivity index (χ1) is 17.2. The minimum atomic E-state index is -1.42. The number of hydrogen-bond donors (Lipinski definition) is 1. The van der Waals surface area contributed by atoms with Gasteiger partial charge in [0.1, 0.15) is 5.60 Å². The summed E-state index contributed by atoms with van der Waals surface area (Å²) in [5.41, 5.74) is 2.57. The van der Waals surface area contributed by atoms with E-state index < -0.39 is 17.2 Å². The molecular weight excluding hydrogens is 452 g/mol. The zero-order valence-corrected chi connectivity index (χ0v) is 21.6. The second kappa shape index (κ2) is 9.73. The Labute approximate surface area is 214 Å². The SMILES string of the molecule is CC1CCOC(C)(c2cccc(C(O)(c3ccccc3)c3cccc(C4(C)OCCC(C)O4)c3)c2)O1. The summed E-state index contributed by atoms with van der Waals surface area (Å²) in [4.78, 5) is 0. The summed E-state index contributed by atoms with van der Waals surface area (Å²) < 4.78 is 24.6. The fourth-order valence-corrected chi connectivity index (χ4v) is 5.33. The second-order valence-electron chi connectivity index (χ2n) is 10.3. The van der Waals surface area contributed by atoms with Gasteiger partial charge >= 0.3 is 0 Å². The number of aliphatic hydroxyl groups is 1. The Morgan fingerprint density at radius 2 is 1.11 bits per heavy atom. The van der Waals surface area contributed by atoms with Crippen molar-refractivity contribution in [3.8, 4) is 0 Å². The molecule has 0 saturated carbocycles. The molecule has 5 heteroatoms. The van der Waals surface area contributed by atoms with E-state index in [0.29, 0.717) is 13.2 Å². The highest BCUT2D eigenvalue weighted by Gasteiger charge is 2.40. The molecule has 4 unspecified atom stereocenters. The van der Waals surface area contributed by atoms with Gasteiger partial charge in [0.15, 0.2) is 11.6 Å². The first-order valence-electron chi connectivity index (χ1n) is 12.9. The van der Waals surface area contributed by atoms with Gasteiger partial charge in [-0.05, 0) is 69.4 Å². The third kappa shape index (κ3) is 4.62. The van der Waals surface area contributed by atoms with E-state index in [2.05, 4.69) is 13.8 Å². The summed E-state index contributed by atoms with van der Waals surface area (Å²) in [5.74, 6) is -1.75. The smallest absolute Gasteiger partial charge is 0.192 e. The van der Waals surface area contributed by atoms with Crippen LogP contribution in [0.25, 0.3) is 0 Å². The first-order valence-corrected chi connectivity index (χ1v) is 12.9. The summed E-state index contributed by atoms with van der Waals surface area (Å²) in [7, 11) is 0. The lowest BCUT2D eigenvalue weighted by Gasteiger charge is -2.39. The second-order valence-corrected chi connectivity index (χ2v) is 10.3. The standard InChI is InChI=1S/C31H36O5/c1-22-16-18-33-29(3,35-22)25-12-8-14-27(20-25)31(32,24-10-6-5-7-11-24)28-15-9-13-26(21-28)30(4)34-19-17-23(2)36-30/h5-15,20-23,32H,16-19H2,1-4H3. The van der Waals surface area contributed by atoms with Crippen molar-refractivity contribution in [3.63, 3.8) is 0 Å². The predicted molar refractivity (Wildman–Crippen MR) is 138 cm³/mol. The molecule has 2 saturated heterocycles. The summed E-state index contributed by atoms with van der Waals surface area (Å²) in [6.07, 6.45) is 1.90. The van der Waals surface area contributed by atoms with Crippen LogP contribution in [0.2, 0.25) is 0 Å². The van der Waals surface area contributed by atoms with Gasteiger partial charge in [-0.2, -0.15) is 0 Å². The molecular formula is C31H36O5. The lowest BCUT2D eigenvalue weighted by atomic mass is 9.78. The van der Waals surface area contributed by atoms with Crippen molar-refractivity contribution < 1.29 is 24.1 Å². The van der Waals surface area contributed by atoms with E-state index in [1.807, 2.05) is 92.7 Å². The van der Waals surface area contributed by atoms with E-state index in [-0.39, 0.29) is 12.2 Å². The van der Waals surface area contributed by atoms with Crippen molar-refractivity contribution in [2.75, 3.05) is 13.2 Å². The minimum absolute atomic E-state index is 0.0933. The van der Waals surface area contributed by atoms with Crippen molar-refractivity contribution in [3.05, 3.63) is 107 Å². The molecule has 2 aliphatic rings. The molecule has 5 rings (SSSR count). The van der Waals surface area contributed by atoms with Gasteiger partial charge in [-0.25, -0.2) is 0 Å². The normalized spacial score (nSPS) is 30.5. The van der Waals surface area contributed by atoms with Crippen LogP contribution in [0.4, 0.5) is 0 Å². The van der Waals surface area contributed by atoms with Crippen molar-refractivity contribution in [2.24, 2.45) is 0 Å². The average Bonchev–Trinajstić information content (AvgIpc) is 2.89. The zero-order valence-electron chi connectivity index (χ0n) is 21.6. The molecule has 5 nitrogen and oxygen atoms in total. The first kappa shape index (κ1) is 25.1. The van der Waals surface area contributed by atoms with Crippen molar-refractivity contribution >= 4 is 0 Å². The third-order valence-corrected chi connectivity index (χ3v) is 7.46. The van der Waals surface area contributed by atoms with Crippen LogP contribution < -0.4 is 0 Å². The lowest BCUT2D eigenvalue weighted by Crippen LogP contribution is -2.40. The van der Waals surface area contributed by atoms with Gasteiger partial charge in [-0.15, -0.1) is 0 Å². The topological polar surface area (TPSA) is 57.2 Å². The largest absolute Gasteiger partial charge is 0.376 e. The predicted octanol–water partition coefficient (Wildman–Crippen LogP) is 5.97. The molecule has 2 heterocycles. The van der Waals surface area contributed by atoms with E-state index >= 15 is 0 Å². The maximum atomic E-state index is 12.6. The Kier molecular flexibility index (Phi) is 6.79. The Bertz CT molecular complexity index is 1120. The molecule has 0 spiro atoms. The fourth-order valence-electron chi connectivity index (χ4n) is 5.33. The Hall–Kier alpha value is -2.54.